The van der Waals surface area contributed by atoms with E-state index in [0.717, 1.165) is 43.3 Å². The molecule has 2 rings (SSSR count). The molecule has 0 aliphatic heterocycles. The van der Waals surface area contributed by atoms with Gasteiger partial charge < -0.3 is 9.88 Å². The first-order chi connectivity index (χ1) is 8.83. The van der Waals surface area contributed by atoms with Gasteiger partial charge in [-0.3, -0.25) is 0 Å². The van der Waals surface area contributed by atoms with E-state index in [1.54, 1.807) is 0 Å². The first-order valence-corrected chi connectivity index (χ1v) is 6.53. The molecule has 0 amide bonds. The molecule has 0 fully saturated rings. The van der Waals surface area contributed by atoms with Crippen LogP contribution in [0.5, 0.6) is 0 Å². The number of rotatable bonds is 6. The maximum Gasteiger partial charge on any atom is 0.126 e. The van der Waals surface area contributed by atoms with Crippen LogP contribution < -0.4 is 5.32 Å². The maximum atomic E-state index is 4.60. The van der Waals surface area contributed by atoms with E-state index in [0.29, 0.717) is 0 Å². The number of aromatic nitrogens is 3. The minimum absolute atomic E-state index is 0.780. The quantitative estimate of drug-likeness (QED) is 0.849. The van der Waals surface area contributed by atoms with E-state index in [-0.39, 0.29) is 0 Å². The van der Waals surface area contributed by atoms with Crippen LogP contribution in [-0.4, -0.2) is 21.1 Å². The van der Waals surface area contributed by atoms with Crippen LogP contribution in [0.3, 0.4) is 0 Å². The van der Waals surface area contributed by atoms with Crippen molar-refractivity contribution in [1.29, 1.82) is 0 Å². The van der Waals surface area contributed by atoms with Gasteiger partial charge in [-0.05, 0) is 25.5 Å². The lowest BCUT2D eigenvalue weighted by molar-refractivity contribution is 0.708. The SMILES string of the molecule is CCCNc1cccc(Cc2nccn2CC)n1. The summed E-state index contributed by atoms with van der Waals surface area (Å²) in [6.45, 7) is 6.18. The molecule has 2 aromatic rings. The number of imidazole rings is 1. The number of nitrogens with zero attached hydrogens (tertiary/aromatic N) is 3. The molecule has 0 saturated carbocycles. The van der Waals surface area contributed by atoms with Gasteiger partial charge in [0.1, 0.15) is 11.6 Å². The monoisotopic (exact) mass is 244 g/mol. The van der Waals surface area contributed by atoms with Crippen LogP contribution in [0.2, 0.25) is 0 Å². The summed E-state index contributed by atoms with van der Waals surface area (Å²) >= 11 is 0. The molecule has 0 spiro atoms. The Morgan fingerprint density at radius 1 is 1.28 bits per heavy atom. The summed E-state index contributed by atoms with van der Waals surface area (Å²) in [4.78, 5) is 8.97. The first-order valence-electron chi connectivity index (χ1n) is 6.53. The Hall–Kier alpha value is -1.84. The van der Waals surface area contributed by atoms with Gasteiger partial charge in [-0.25, -0.2) is 9.97 Å². The molecule has 0 unspecified atom stereocenters. The Kier molecular flexibility index (Phi) is 4.34. The van der Waals surface area contributed by atoms with Crippen molar-refractivity contribution in [2.45, 2.75) is 33.2 Å². The van der Waals surface area contributed by atoms with Crippen molar-refractivity contribution < 1.29 is 0 Å². The van der Waals surface area contributed by atoms with Crippen LogP contribution in [0.4, 0.5) is 5.82 Å². The zero-order valence-corrected chi connectivity index (χ0v) is 11.1. The molecule has 18 heavy (non-hydrogen) atoms. The molecule has 4 nitrogen and oxygen atoms in total. The van der Waals surface area contributed by atoms with Gasteiger partial charge in [0.05, 0.1) is 5.69 Å². The molecular formula is C14H20N4. The summed E-state index contributed by atoms with van der Waals surface area (Å²) in [5.74, 6) is 2.02. The molecule has 4 heteroatoms. The van der Waals surface area contributed by atoms with Crippen LogP contribution in [0, 0.1) is 0 Å². The predicted octanol–water partition coefficient (Wildman–Crippen LogP) is 2.71. The van der Waals surface area contributed by atoms with Crippen LogP contribution >= 0.6 is 0 Å². The number of nitrogens with one attached hydrogen (secondary N) is 1. The highest BCUT2D eigenvalue weighted by Gasteiger charge is 2.04. The third-order valence-corrected chi connectivity index (χ3v) is 2.84. The number of pyridine rings is 1. The van der Waals surface area contributed by atoms with Crippen molar-refractivity contribution in [2.24, 2.45) is 0 Å². The second kappa shape index (κ2) is 6.19. The predicted molar refractivity (Wildman–Crippen MR) is 73.7 cm³/mol. The van der Waals surface area contributed by atoms with Crippen LogP contribution in [0.15, 0.2) is 30.6 Å². The molecule has 0 bridgehead atoms. The third kappa shape index (κ3) is 3.09. The van der Waals surface area contributed by atoms with Crippen molar-refractivity contribution in [1.82, 2.24) is 14.5 Å². The molecule has 0 aromatic carbocycles. The lowest BCUT2D eigenvalue weighted by Gasteiger charge is -2.07. The molecular weight excluding hydrogens is 224 g/mol. The summed E-state index contributed by atoms with van der Waals surface area (Å²) in [6.07, 6.45) is 5.74. The summed E-state index contributed by atoms with van der Waals surface area (Å²) < 4.78 is 2.15. The highest BCUT2D eigenvalue weighted by Crippen LogP contribution is 2.09. The smallest absolute Gasteiger partial charge is 0.126 e. The summed E-state index contributed by atoms with van der Waals surface area (Å²) in [7, 11) is 0. The average molecular weight is 244 g/mol. The highest BCUT2D eigenvalue weighted by molar-refractivity contribution is 5.35. The van der Waals surface area contributed by atoms with Crippen molar-refractivity contribution in [2.75, 3.05) is 11.9 Å². The Balaban J connectivity index is 2.09. The van der Waals surface area contributed by atoms with Gasteiger partial charge in [0.25, 0.3) is 0 Å². The van der Waals surface area contributed by atoms with E-state index in [2.05, 4.69) is 33.7 Å². The van der Waals surface area contributed by atoms with E-state index in [1.165, 1.54) is 0 Å². The fourth-order valence-corrected chi connectivity index (χ4v) is 1.89. The fraction of sp³-hybridized carbons (Fsp3) is 0.429. The standard InChI is InChI=1S/C14H20N4/c1-3-8-15-13-7-5-6-12(17-13)11-14-16-9-10-18(14)4-2/h5-7,9-10H,3-4,8,11H2,1-2H3,(H,15,17). The van der Waals surface area contributed by atoms with Crippen molar-refractivity contribution >= 4 is 5.82 Å². The molecule has 1 N–H and O–H groups in total. The average Bonchev–Trinajstić information content (AvgIpc) is 2.84. The van der Waals surface area contributed by atoms with Gasteiger partial charge in [0.2, 0.25) is 0 Å². The number of aryl methyl sites for hydroxylation is 1. The van der Waals surface area contributed by atoms with Crippen LogP contribution in [0.1, 0.15) is 31.8 Å². The molecule has 2 aromatic heterocycles. The Morgan fingerprint density at radius 2 is 2.17 bits per heavy atom. The van der Waals surface area contributed by atoms with Crippen molar-refractivity contribution in [3.8, 4) is 0 Å². The second-order valence-electron chi connectivity index (χ2n) is 4.25. The Morgan fingerprint density at radius 3 is 2.94 bits per heavy atom. The largest absolute Gasteiger partial charge is 0.370 e. The maximum absolute atomic E-state index is 4.60. The Bertz CT molecular complexity index is 490. The molecule has 0 saturated heterocycles. The van der Waals surface area contributed by atoms with E-state index >= 15 is 0 Å². The molecule has 0 atom stereocenters. The topological polar surface area (TPSA) is 42.7 Å². The lowest BCUT2D eigenvalue weighted by atomic mass is 10.2. The van der Waals surface area contributed by atoms with Crippen LogP contribution in [0.25, 0.3) is 0 Å². The summed E-state index contributed by atoms with van der Waals surface area (Å²) in [5.41, 5.74) is 1.05. The summed E-state index contributed by atoms with van der Waals surface area (Å²) in [6, 6.07) is 6.09. The number of anilines is 1. The van der Waals surface area contributed by atoms with Crippen molar-refractivity contribution in [3.63, 3.8) is 0 Å². The molecule has 0 aliphatic carbocycles. The van der Waals surface area contributed by atoms with Gasteiger partial charge in [-0.2, -0.15) is 0 Å². The molecule has 96 valence electrons. The minimum atomic E-state index is 0.780. The fourth-order valence-electron chi connectivity index (χ4n) is 1.89. The zero-order valence-electron chi connectivity index (χ0n) is 11.1. The normalized spacial score (nSPS) is 10.6. The van der Waals surface area contributed by atoms with E-state index < -0.39 is 0 Å². The minimum Gasteiger partial charge on any atom is -0.370 e. The second-order valence-corrected chi connectivity index (χ2v) is 4.25. The number of hydrogen-bond acceptors (Lipinski definition) is 3. The van der Waals surface area contributed by atoms with E-state index in [4.69, 9.17) is 0 Å². The molecule has 2 heterocycles. The van der Waals surface area contributed by atoms with Gasteiger partial charge >= 0.3 is 0 Å². The third-order valence-electron chi connectivity index (χ3n) is 2.84. The lowest BCUT2D eigenvalue weighted by Crippen LogP contribution is -2.06. The zero-order chi connectivity index (χ0) is 12.8. The van der Waals surface area contributed by atoms with Crippen LogP contribution in [-0.2, 0) is 13.0 Å². The van der Waals surface area contributed by atoms with E-state index in [9.17, 15) is 0 Å². The van der Waals surface area contributed by atoms with Crippen molar-refractivity contribution in [3.05, 3.63) is 42.1 Å². The van der Waals surface area contributed by atoms with Gasteiger partial charge in [-0.1, -0.05) is 13.0 Å². The first kappa shape index (κ1) is 12.6. The Labute approximate surface area is 108 Å². The van der Waals surface area contributed by atoms with E-state index in [1.807, 2.05) is 30.6 Å². The molecule has 0 radical (unpaired) electrons. The van der Waals surface area contributed by atoms with Gasteiger partial charge in [0, 0.05) is 31.9 Å². The molecule has 0 aliphatic rings. The highest BCUT2D eigenvalue weighted by atomic mass is 15.1. The van der Waals surface area contributed by atoms with Gasteiger partial charge in [0.15, 0.2) is 0 Å². The van der Waals surface area contributed by atoms with Gasteiger partial charge in [-0.15, -0.1) is 0 Å². The summed E-state index contributed by atoms with van der Waals surface area (Å²) in [5, 5.41) is 3.30. The number of hydrogen-bond donors (Lipinski definition) is 1.